The number of aromatic nitrogens is 3. The Morgan fingerprint density at radius 2 is 2.12 bits per heavy atom. The van der Waals surface area contributed by atoms with E-state index in [-0.39, 0.29) is 0 Å². The number of rotatable bonds is 4. The van der Waals surface area contributed by atoms with Gasteiger partial charge in [0.25, 0.3) is 0 Å². The summed E-state index contributed by atoms with van der Waals surface area (Å²) >= 11 is 1.77. The van der Waals surface area contributed by atoms with Crippen molar-refractivity contribution in [3.8, 4) is 0 Å². The minimum Gasteiger partial charge on any atom is -0.356 e. The molecule has 0 spiro atoms. The summed E-state index contributed by atoms with van der Waals surface area (Å²) in [5.41, 5.74) is 2.42. The van der Waals surface area contributed by atoms with Crippen molar-refractivity contribution >= 4 is 28.5 Å². The third-order valence-electron chi connectivity index (χ3n) is 5.43. The van der Waals surface area contributed by atoms with Crippen LogP contribution in [0.5, 0.6) is 0 Å². The Morgan fingerprint density at radius 1 is 1.23 bits per heavy atom. The molecule has 1 saturated heterocycles. The fraction of sp³-hybridized carbons (Fsp3) is 0.429. The number of benzene rings is 1. The Balaban J connectivity index is 1.59. The number of piperidine rings is 1. The molecule has 2 aromatic heterocycles. The van der Waals surface area contributed by atoms with Crippen molar-refractivity contribution < 1.29 is 0 Å². The molecule has 3 aromatic rings. The van der Waals surface area contributed by atoms with Crippen LogP contribution in [0.15, 0.2) is 41.6 Å². The van der Waals surface area contributed by atoms with E-state index in [1.807, 2.05) is 6.20 Å². The molecule has 0 unspecified atom stereocenters. The first kappa shape index (κ1) is 17.4. The lowest BCUT2D eigenvalue weighted by Gasteiger charge is -2.34. The van der Waals surface area contributed by atoms with Crippen molar-refractivity contribution in [3.63, 3.8) is 0 Å². The average molecular weight is 367 g/mol. The van der Waals surface area contributed by atoms with Crippen LogP contribution >= 0.6 is 11.8 Å². The van der Waals surface area contributed by atoms with Gasteiger partial charge in [0, 0.05) is 42.3 Å². The highest BCUT2D eigenvalue weighted by Gasteiger charge is 2.22. The summed E-state index contributed by atoms with van der Waals surface area (Å²) < 4.78 is 2.28. The minimum atomic E-state index is 0.645. The molecule has 0 aliphatic carbocycles. The monoisotopic (exact) mass is 366 g/mol. The van der Waals surface area contributed by atoms with Crippen LogP contribution < -0.4 is 4.90 Å². The number of fused-ring (bicyclic) bond motifs is 1. The fourth-order valence-corrected chi connectivity index (χ4v) is 4.38. The molecule has 4 rings (SSSR count). The molecule has 0 radical (unpaired) electrons. The molecule has 1 atom stereocenters. The largest absolute Gasteiger partial charge is 0.356 e. The van der Waals surface area contributed by atoms with E-state index in [0.717, 1.165) is 36.8 Å². The Bertz CT molecular complexity index is 918. The lowest BCUT2D eigenvalue weighted by molar-refractivity contribution is 0.362. The topological polar surface area (TPSA) is 34.0 Å². The summed E-state index contributed by atoms with van der Waals surface area (Å²) in [5.74, 6) is 2.87. The second-order valence-corrected chi connectivity index (χ2v) is 8.14. The highest BCUT2D eigenvalue weighted by Crippen LogP contribution is 2.29. The first-order valence-electron chi connectivity index (χ1n) is 9.32. The van der Waals surface area contributed by atoms with Crippen molar-refractivity contribution in [2.75, 3.05) is 24.2 Å². The molecule has 1 fully saturated rings. The zero-order valence-electron chi connectivity index (χ0n) is 15.8. The van der Waals surface area contributed by atoms with Gasteiger partial charge >= 0.3 is 0 Å². The summed E-state index contributed by atoms with van der Waals surface area (Å²) in [6.07, 6.45) is 8.61. The van der Waals surface area contributed by atoms with Crippen molar-refractivity contribution in [2.45, 2.75) is 38.1 Å². The summed E-state index contributed by atoms with van der Waals surface area (Å²) in [6, 6.07) is 8.86. The van der Waals surface area contributed by atoms with Crippen molar-refractivity contribution in [3.05, 3.63) is 48.0 Å². The van der Waals surface area contributed by atoms with E-state index in [1.165, 1.54) is 28.7 Å². The summed E-state index contributed by atoms with van der Waals surface area (Å²) in [6.45, 7) is 7.49. The van der Waals surface area contributed by atoms with Gasteiger partial charge in [-0.2, -0.15) is 0 Å². The number of imidazole rings is 1. The predicted octanol–water partition coefficient (Wildman–Crippen LogP) is 4.69. The highest BCUT2D eigenvalue weighted by atomic mass is 32.2. The molecule has 0 bridgehead atoms. The molecular formula is C21H26N4S. The lowest BCUT2D eigenvalue weighted by Crippen LogP contribution is -2.37. The van der Waals surface area contributed by atoms with Gasteiger partial charge in [-0.15, -0.1) is 11.8 Å². The predicted molar refractivity (Wildman–Crippen MR) is 110 cm³/mol. The maximum absolute atomic E-state index is 5.01. The van der Waals surface area contributed by atoms with Crippen LogP contribution in [0.25, 0.3) is 10.9 Å². The van der Waals surface area contributed by atoms with Crippen LogP contribution in [0.3, 0.4) is 0 Å². The van der Waals surface area contributed by atoms with E-state index in [2.05, 4.69) is 65.0 Å². The maximum Gasteiger partial charge on any atom is 0.129 e. The van der Waals surface area contributed by atoms with E-state index >= 15 is 0 Å². The number of anilines is 1. The van der Waals surface area contributed by atoms with Crippen LogP contribution in [-0.2, 0) is 6.54 Å². The van der Waals surface area contributed by atoms with Gasteiger partial charge in [0.15, 0.2) is 0 Å². The molecule has 4 nitrogen and oxygen atoms in total. The summed E-state index contributed by atoms with van der Waals surface area (Å²) in [4.78, 5) is 13.1. The third-order valence-corrected chi connectivity index (χ3v) is 6.16. The molecule has 1 aliphatic rings. The van der Waals surface area contributed by atoms with E-state index in [4.69, 9.17) is 4.98 Å². The number of nitrogens with zero attached hydrogens (tertiary/aromatic N) is 4. The van der Waals surface area contributed by atoms with Crippen LogP contribution in [0.2, 0.25) is 0 Å². The highest BCUT2D eigenvalue weighted by molar-refractivity contribution is 7.98. The van der Waals surface area contributed by atoms with Gasteiger partial charge in [0.05, 0.1) is 5.52 Å². The molecule has 0 N–H and O–H groups in total. The van der Waals surface area contributed by atoms with E-state index in [0.29, 0.717) is 5.92 Å². The van der Waals surface area contributed by atoms with Gasteiger partial charge in [0.1, 0.15) is 11.6 Å². The second kappa shape index (κ2) is 7.31. The maximum atomic E-state index is 5.01. The summed E-state index contributed by atoms with van der Waals surface area (Å²) in [7, 11) is 0. The van der Waals surface area contributed by atoms with Crippen LogP contribution in [0.1, 0.15) is 24.2 Å². The number of pyridine rings is 1. The lowest BCUT2D eigenvalue weighted by atomic mass is 9.97. The van der Waals surface area contributed by atoms with Gasteiger partial charge < -0.3 is 9.47 Å². The van der Waals surface area contributed by atoms with E-state index in [1.54, 1.807) is 11.8 Å². The van der Waals surface area contributed by atoms with Gasteiger partial charge in [-0.3, -0.25) is 0 Å². The molecule has 1 aliphatic heterocycles. The quantitative estimate of drug-likeness (QED) is 0.628. The van der Waals surface area contributed by atoms with Crippen LogP contribution in [0, 0.1) is 19.8 Å². The van der Waals surface area contributed by atoms with E-state index in [9.17, 15) is 0 Å². The van der Waals surface area contributed by atoms with Gasteiger partial charge in [0.2, 0.25) is 0 Å². The Kier molecular flexibility index (Phi) is 4.90. The van der Waals surface area contributed by atoms with E-state index < -0.39 is 0 Å². The number of aryl methyl sites for hydroxylation is 2. The Morgan fingerprint density at radius 3 is 2.88 bits per heavy atom. The molecule has 5 heteroatoms. The van der Waals surface area contributed by atoms with Gasteiger partial charge in [-0.05, 0) is 62.6 Å². The number of hydrogen-bond acceptors (Lipinski definition) is 4. The van der Waals surface area contributed by atoms with Gasteiger partial charge in [-0.1, -0.05) is 6.07 Å². The number of hydrogen-bond donors (Lipinski definition) is 0. The molecule has 1 aromatic carbocycles. The van der Waals surface area contributed by atoms with Crippen LogP contribution in [0.4, 0.5) is 5.82 Å². The second-order valence-electron chi connectivity index (χ2n) is 7.26. The zero-order chi connectivity index (χ0) is 18.1. The molecule has 3 heterocycles. The average Bonchev–Trinajstić information content (AvgIpc) is 3.06. The van der Waals surface area contributed by atoms with Crippen molar-refractivity contribution in [1.29, 1.82) is 0 Å². The molecule has 136 valence electrons. The third kappa shape index (κ3) is 3.45. The van der Waals surface area contributed by atoms with Crippen LogP contribution in [-0.4, -0.2) is 33.9 Å². The molecule has 26 heavy (non-hydrogen) atoms. The number of thioether (sulfide) groups is 1. The minimum absolute atomic E-state index is 0.645. The summed E-state index contributed by atoms with van der Waals surface area (Å²) in [5, 5.41) is 1.26. The SMILES string of the molecule is CSc1ccc2c(C)cc(N3CCC[C@H](Cn4ccnc4C)C3)nc2c1. The first-order chi connectivity index (χ1) is 12.6. The zero-order valence-corrected chi connectivity index (χ0v) is 16.6. The first-order valence-corrected chi connectivity index (χ1v) is 10.5. The normalized spacial score (nSPS) is 17.8. The molecule has 0 saturated carbocycles. The van der Waals surface area contributed by atoms with Gasteiger partial charge in [-0.25, -0.2) is 9.97 Å². The van der Waals surface area contributed by atoms with Crippen molar-refractivity contribution in [2.24, 2.45) is 5.92 Å². The Labute approximate surface area is 159 Å². The standard InChI is InChI=1S/C21H26N4S/c1-15-11-21(23-20-12-18(26-3)6-7-19(15)20)25-9-4-5-17(14-25)13-24-10-8-22-16(24)2/h6-8,10-12,17H,4-5,9,13-14H2,1-3H3/t17-/m1/s1. The van der Waals surface area contributed by atoms with Crippen molar-refractivity contribution in [1.82, 2.24) is 14.5 Å². The molecule has 0 amide bonds. The Hall–Kier alpha value is -2.01. The fourth-order valence-electron chi connectivity index (χ4n) is 3.95. The smallest absolute Gasteiger partial charge is 0.129 e. The molecular weight excluding hydrogens is 340 g/mol.